The summed E-state index contributed by atoms with van der Waals surface area (Å²) in [6.45, 7) is 2.63. The van der Waals surface area contributed by atoms with Crippen LogP contribution in [-0.4, -0.2) is 39.8 Å². The van der Waals surface area contributed by atoms with Crippen LogP contribution in [0.25, 0.3) is 22.2 Å². The zero-order valence-corrected chi connectivity index (χ0v) is 17.2. The molecule has 0 bridgehead atoms. The number of likely N-dealkylation sites (N-methyl/N-ethyl adjacent to an activating group) is 1. The number of ether oxygens (including phenoxy) is 1. The fourth-order valence-electron chi connectivity index (χ4n) is 3.52. The first kappa shape index (κ1) is 19.6. The maximum atomic E-state index is 11.7. The summed E-state index contributed by atoms with van der Waals surface area (Å²) in [7, 11) is 3.31. The van der Waals surface area contributed by atoms with E-state index in [1.165, 1.54) is 6.33 Å². The number of methoxy groups -OCH3 is 1. The number of pyridine rings is 1. The Hall–Kier alpha value is -3.74. The molecular formula is C23H23N5O2. The van der Waals surface area contributed by atoms with Crippen molar-refractivity contribution >= 4 is 16.8 Å². The monoisotopic (exact) mass is 401 g/mol. The van der Waals surface area contributed by atoms with Gasteiger partial charge in [-0.15, -0.1) is 0 Å². The quantitative estimate of drug-likeness (QED) is 0.537. The molecule has 0 aliphatic rings. The minimum absolute atomic E-state index is 0.00488. The maximum Gasteiger partial charge on any atom is 0.224 e. The van der Waals surface area contributed by atoms with Crippen molar-refractivity contribution in [1.29, 1.82) is 0 Å². The highest BCUT2D eigenvalue weighted by Crippen LogP contribution is 2.29. The van der Waals surface area contributed by atoms with Crippen LogP contribution < -0.4 is 10.1 Å². The van der Waals surface area contributed by atoms with E-state index in [2.05, 4.69) is 34.5 Å². The summed E-state index contributed by atoms with van der Waals surface area (Å²) in [4.78, 5) is 20.6. The number of fused-ring (bicyclic) bond motifs is 1. The van der Waals surface area contributed by atoms with Gasteiger partial charge in [0.1, 0.15) is 18.4 Å². The molecule has 7 nitrogen and oxygen atoms in total. The maximum absolute atomic E-state index is 11.7. The number of carbonyl (C=O) groups is 1. The van der Waals surface area contributed by atoms with E-state index in [4.69, 9.17) is 9.72 Å². The zero-order valence-electron chi connectivity index (χ0n) is 17.2. The van der Waals surface area contributed by atoms with Gasteiger partial charge in [0, 0.05) is 23.6 Å². The number of aromatic nitrogens is 4. The lowest BCUT2D eigenvalue weighted by molar-refractivity contribution is -0.119. The van der Waals surface area contributed by atoms with Crippen molar-refractivity contribution in [2.75, 3.05) is 14.2 Å². The average Bonchev–Trinajstić information content (AvgIpc) is 3.27. The summed E-state index contributed by atoms with van der Waals surface area (Å²) < 4.78 is 7.28. The normalized spacial score (nSPS) is 10.9. The highest BCUT2D eigenvalue weighted by Gasteiger charge is 2.11. The van der Waals surface area contributed by atoms with Crippen LogP contribution in [0.5, 0.6) is 5.75 Å². The first-order chi connectivity index (χ1) is 14.6. The molecule has 2 aromatic heterocycles. The number of benzene rings is 2. The Morgan fingerprint density at radius 2 is 2.03 bits per heavy atom. The van der Waals surface area contributed by atoms with Gasteiger partial charge in [-0.25, -0.2) is 14.6 Å². The molecule has 0 radical (unpaired) electrons. The van der Waals surface area contributed by atoms with E-state index in [0.29, 0.717) is 13.0 Å². The number of hydrogen-bond donors (Lipinski definition) is 1. The van der Waals surface area contributed by atoms with Crippen LogP contribution in [0.1, 0.15) is 16.7 Å². The number of nitrogens with zero attached hydrogens (tertiary/aromatic N) is 4. The first-order valence-electron chi connectivity index (χ1n) is 9.68. The molecule has 1 amide bonds. The molecule has 0 atom stereocenters. The van der Waals surface area contributed by atoms with Gasteiger partial charge in [-0.3, -0.25) is 4.79 Å². The average molecular weight is 401 g/mol. The Balaban J connectivity index is 1.72. The van der Waals surface area contributed by atoms with E-state index in [-0.39, 0.29) is 5.91 Å². The largest absolute Gasteiger partial charge is 0.496 e. The molecule has 152 valence electrons. The molecule has 4 rings (SSSR count). The van der Waals surface area contributed by atoms with Crippen molar-refractivity contribution in [2.45, 2.75) is 19.9 Å². The molecule has 0 aliphatic heterocycles. The van der Waals surface area contributed by atoms with Gasteiger partial charge in [0.2, 0.25) is 5.91 Å². The topological polar surface area (TPSA) is 81.9 Å². The van der Waals surface area contributed by atoms with Crippen LogP contribution >= 0.6 is 0 Å². The number of hydrogen-bond acceptors (Lipinski definition) is 5. The second-order valence-corrected chi connectivity index (χ2v) is 7.15. The van der Waals surface area contributed by atoms with Crippen LogP contribution in [0.15, 0.2) is 55.1 Å². The highest BCUT2D eigenvalue weighted by atomic mass is 16.5. The van der Waals surface area contributed by atoms with Crippen molar-refractivity contribution in [2.24, 2.45) is 0 Å². The predicted molar refractivity (Wildman–Crippen MR) is 115 cm³/mol. The first-order valence-corrected chi connectivity index (χ1v) is 9.68. The Morgan fingerprint density at radius 3 is 2.77 bits per heavy atom. The van der Waals surface area contributed by atoms with Crippen molar-refractivity contribution < 1.29 is 9.53 Å². The second kappa shape index (κ2) is 8.32. The Kier molecular flexibility index (Phi) is 5.43. The lowest BCUT2D eigenvalue weighted by Gasteiger charge is -2.12. The van der Waals surface area contributed by atoms with Crippen LogP contribution in [0.4, 0.5) is 0 Å². The molecule has 0 aliphatic carbocycles. The van der Waals surface area contributed by atoms with Crippen LogP contribution in [0.3, 0.4) is 0 Å². The summed E-state index contributed by atoms with van der Waals surface area (Å²) in [5.41, 5.74) is 5.88. The lowest BCUT2D eigenvalue weighted by atomic mass is 10.0. The fraction of sp³-hybridized carbons (Fsp3) is 0.217. The minimum atomic E-state index is -0.00488. The van der Waals surface area contributed by atoms with Gasteiger partial charge in [0.15, 0.2) is 0 Å². The Bertz CT molecular complexity index is 1200. The number of amides is 1. The summed E-state index contributed by atoms with van der Waals surface area (Å²) >= 11 is 0. The second-order valence-electron chi connectivity index (χ2n) is 7.15. The third kappa shape index (κ3) is 4.00. The van der Waals surface area contributed by atoms with E-state index in [1.807, 2.05) is 30.3 Å². The van der Waals surface area contributed by atoms with E-state index < -0.39 is 0 Å². The van der Waals surface area contributed by atoms with Gasteiger partial charge in [-0.2, -0.15) is 5.10 Å². The molecular weight excluding hydrogens is 378 g/mol. The molecule has 2 aromatic carbocycles. The molecule has 0 fully saturated rings. The fourth-order valence-corrected chi connectivity index (χ4v) is 3.52. The van der Waals surface area contributed by atoms with E-state index in [9.17, 15) is 4.79 Å². The van der Waals surface area contributed by atoms with Crippen molar-refractivity contribution in [1.82, 2.24) is 25.1 Å². The standard InChI is InChI=1S/C23H23N5O2/c1-15-8-21(27-20-6-4-16(9-19(15)20)10-23(29)24-2)17-5-7-22(30-3)18(11-17)12-28-14-25-13-26-28/h4-9,11,13-14H,10,12H2,1-3H3,(H,24,29). The highest BCUT2D eigenvalue weighted by molar-refractivity contribution is 5.87. The molecule has 0 spiro atoms. The summed E-state index contributed by atoms with van der Waals surface area (Å²) in [6.07, 6.45) is 3.56. The SMILES string of the molecule is CNC(=O)Cc1ccc2nc(-c3ccc(OC)c(Cn4cncn4)c3)cc(C)c2c1. The van der Waals surface area contributed by atoms with Crippen LogP contribution in [-0.2, 0) is 17.8 Å². The van der Waals surface area contributed by atoms with Gasteiger partial charge in [0.05, 0.1) is 31.3 Å². The molecule has 0 saturated heterocycles. The van der Waals surface area contributed by atoms with Crippen molar-refractivity contribution in [3.63, 3.8) is 0 Å². The number of carbonyl (C=O) groups excluding carboxylic acids is 1. The van der Waals surface area contributed by atoms with Gasteiger partial charge in [-0.05, 0) is 54.4 Å². The molecule has 7 heteroatoms. The smallest absolute Gasteiger partial charge is 0.224 e. The van der Waals surface area contributed by atoms with Gasteiger partial charge < -0.3 is 10.1 Å². The lowest BCUT2D eigenvalue weighted by Crippen LogP contribution is -2.19. The Morgan fingerprint density at radius 1 is 1.17 bits per heavy atom. The van der Waals surface area contributed by atoms with Gasteiger partial charge >= 0.3 is 0 Å². The predicted octanol–water partition coefficient (Wildman–Crippen LogP) is 3.15. The van der Waals surface area contributed by atoms with E-state index >= 15 is 0 Å². The molecule has 0 saturated carbocycles. The zero-order chi connectivity index (χ0) is 21.1. The number of rotatable bonds is 6. The van der Waals surface area contributed by atoms with E-state index in [0.717, 1.165) is 44.6 Å². The molecule has 0 unspecified atom stereocenters. The minimum Gasteiger partial charge on any atom is -0.496 e. The van der Waals surface area contributed by atoms with Crippen molar-refractivity contribution in [3.8, 4) is 17.0 Å². The molecule has 4 aromatic rings. The summed E-state index contributed by atoms with van der Waals surface area (Å²) in [5, 5.41) is 7.90. The number of nitrogens with one attached hydrogen (secondary N) is 1. The van der Waals surface area contributed by atoms with Crippen LogP contribution in [0, 0.1) is 6.92 Å². The van der Waals surface area contributed by atoms with Crippen molar-refractivity contribution in [3.05, 3.63) is 71.8 Å². The number of aryl methyl sites for hydroxylation is 1. The van der Waals surface area contributed by atoms with Crippen LogP contribution in [0.2, 0.25) is 0 Å². The molecule has 30 heavy (non-hydrogen) atoms. The van der Waals surface area contributed by atoms with Gasteiger partial charge in [-0.1, -0.05) is 6.07 Å². The Labute approximate surface area is 174 Å². The third-order valence-electron chi connectivity index (χ3n) is 5.10. The van der Waals surface area contributed by atoms with Gasteiger partial charge in [0.25, 0.3) is 0 Å². The molecule has 1 N–H and O–H groups in total. The summed E-state index contributed by atoms with van der Waals surface area (Å²) in [6, 6.07) is 14.1. The third-order valence-corrected chi connectivity index (χ3v) is 5.10. The molecule has 2 heterocycles. The van der Waals surface area contributed by atoms with E-state index in [1.54, 1.807) is 25.2 Å². The summed E-state index contributed by atoms with van der Waals surface area (Å²) in [5.74, 6) is 0.792.